The Labute approximate surface area is 247 Å². The van der Waals surface area contributed by atoms with Crippen LogP contribution in [0.5, 0.6) is 11.5 Å². The predicted octanol–water partition coefficient (Wildman–Crippen LogP) is 5.44. The van der Waals surface area contributed by atoms with Gasteiger partial charge in [-0.05, 0) is 107 Å². The van der Waals surface area contributed by atoms with Gasteiger partial charge in [0.05, 0.1) is 31.9 Å². The molecule has 2 amide bonds. The second-order valence-corrected chi connectivity index (χ2v) is 13.3. The van der Waals surface area contributed by atoms with Crippen LogP contribution in [-0.4, -0.2) is 68.2 Å². The van der Waals surface area contributed by atoms with Crippen molar-refractivity contribution >= 4 is 12.2 Å². The van der Waals surface area contributed by atoms with Crippen molar-refractivity contribution < 1.29 is 39.1 Å². The van der Waals surface area contributed by atoms with E-state index in [1.54, 1.807) is 37.8 Å². The maximum Gasteiger partial charge on any atom is 0.410 e. The van der Waals surface area contributed by atoms with Crippen molar-refractivity contribution in [3.05, 3.63) is 58.7 Å². The molecule has 3 aliphatic rings. The molecule has 42 heavy (non-hydrogen) atoms. The van der Waals surface area contributed by atoms with E-state index in [1.165, 1.54) is 23.8 Å². The molecule has 3 N–H and O–H groups in total. The van der Waals surface area contributed by atoms with Gasteiger partial charge in [-0.1, -0.05) is 12.1 Å². The first-order chi connectivity index (χ1) is 19.6. The summed E-state index contributed by atoms with van der Waals surface area (Å²) < 4.78 is 16.4. The molecule has 0 bridgehead atoms. The second kappa shape index (κ2) is 12.4. The van der Waals surface area contributed by atoms with Crippen LogP contribution in [0, 0.1) is 5.92 Å². The molecule has 10 nitrogen and oxygen atoms in total. The molecule has 2 aliphatic heterocycles. The highest BCUT2D eigenvalue weighted by Gasteiger charge is 2.32. The van der Waals surface area contributed by atoms with E-state index in [4.69, 9.17) is 14.2 Å². The van der Waals surface area contributed by atoms with Gasteiger partial charge in [-0.15, -0.1) is 0 Å². The molecule has 2 aromatic rings. The highest BCUT2D eigenvalue weighted by Crippen LogP contribution is 2.33. The number of fused-ring (bicyclic) bond motifs is 2. The van der Waals surface area contributed by atoms with Crippen LogP contribution in [0.1, 0.15) is 88.8 Å². The largest absolute Gasteiger partial charge is 0.508 e. The van der Waals surface area contributed by atoms with Crippen molar-refractivity contribution in [2.24, 2.45) is 5.92 Å². The molecule has 2 unspecified atom stereocenters. The van der Waals surface area contributed by atoms with Crippen molar-refractivity contribution in [3.63, 3.8) is 0 Å². The topological polar surface area (TPSA) is 129 Å². The molecule has 1 aliphatic carbocycles. The van der Waals surface area contributed by atoms with Crippen LogP contribution in [0.4, 0.5) is 9.59 Å². The molecule has 2 heterocycles. The molecule has 5 rings (SSSR count). The summed E-state index contributed by atoms with van der Waals surface area (Å²) in [6.45, 7) is 12.9. The minimum Gasteiger partial charge on any atom is -0.508 e. The Morgan fingerprint density at radius 1 is 0.786 bits per heavy atom. The van der Waals surface area contributed by atoms with Gasteiger partial charge in [0.1, 0.15) is 22.7 Å². The number of rotatable bonds is 3. The van der Waals surface area contributed by atoms with Crippen molar-refractivity contribution in [1.29, 1.82) is 0 Å². The number of carbonyl (C=O) groups is 2. The number of aliphatic hydroxyl groups is 2. The van der Waals surface area contributed by atoms with Gasteiger partial charge in [-0.25, -0.2) is 9.59 Å². The summed E-state index contributed by atoms with van der Waals surface area (Å²) in [7, 11) is 0. The molecule has 1 saturated carbocycles. The first-order valence-corrected chi connectivity index (χ1v) is 14.5. The van der Waals surface area contributed by atoms with E-state index >= 15 is 0 Å². The average molecular weight is 585 g/mol. The Morgan fingerprint density at radius 2 is 1.26 bits per heavy atom. The number of aromatic hydroxyl groups is 1. The zero-order chi connectivity index (χ0) is 30.8. The Kier molecular flexibility index (Phi) is 9.27. The number of hydrogen-bond donors (Lipinski definition) is 3. The highest BCUT2D eigenvalue weighted by molar-refractivity contribution is 5.69. The number of amides is 2. The van der Waals surface area contributed by atoms with E-state index in [0.29, 0.717) is 24.6 Å². The van der Waals surface area contributed by atoms with Gasteiger partial charge in [-0.3, -0.25) is 0 Å². The molecule has 2 aromatic carbocycles. The number of nitrogens with zero attached hydrogens (tertiary/aromatic N) is 2. The Bertz CT molecular complexity index is 1280. The van der Waals surface area contributed by atoms with Crippen LogP contribution in [-0.2, 0) is 22.6 Å². The summed E-state index contributed by atoms with van der Waals surface area (Å²) in [5.41, 5.74) is 2.17. The van der Waals surface area contributed by atoms with Crippen LogP contribution in [0.2, 0.25) is 0 Å². The van der Waals surface area contributed by atoms with E-state index in [9.17, 15) is 24.9 Å². The third kappa shape index (κ3) is 8.75. The highest BCUT2D eigenvalue weighted by atomic mass is 16.6. The molecule has 0 radical (unpaired) electrons. The maximum atomic E-state index is 12.2. The zero-order valence-electron chi connectivity index (χ0n) is 25.4. The summed E-state index contributed by atoms with van der Waals surface area (Å²) >= 11 is 0. The molecular weight excluding hydrogens is 540 g/mol. The van der Waals surface area contributed by atoms with E-state index in [-0.39, 0.29) is 18.8 Å². The number of aliphatic hydroxyl groups excluding tert-OH is 2. The predicted molar refractivity (Wildman–Crippen MR) is 156 cm³/mol. The molecule has 1 fully saturated rings. The van der Waals surface area contributed by atoms with Crippen LogP contribution in [0.25, 0.3) is 0 Å². The van der Waals surface area contributed by atoms with Crippen LogP contribution >= 0.6 is 0 Å². The molecular formula is C32H44N2O8. The molecule has 10 heteroatoms. The van der Waals surface area contributed by atoms with E-state index in [0.717, 1.165) is 29.0 Å². The van der Waals surface area contributed by atoms with Gasteiger partial charge in [-0.2, -0.15) is 0 Å². The average Bonchev–Trinajstić information content (AvgIpc) is 3.71. The lowest BCUT2D eigenvalue weighted by molar-refractivity contribution is 0.00767. The van der Waals surface area contributed by atoms with Crippen molar-refractivity contribution in [2.45, 2.75) is 90.9 Å². The summed E-state index contributed by atoms with van der Waals surface area (Å²) in [6.07, 6.45) is 0.150. The van der Waals surface area contributed by atoms with Gasteiger partial charge in [0.25, 0.3) is 0 Å². The van der Waals surface area contributed by atoms with E-state index in [2.05, 4.69) is 0 Å². The third-order valence-electron chi connectivity index (χ3n) is 6.96. The summed E-state index contributed by atoms with van der Waals surface area (Å²) in [5.74, 6) is 1.60. The van der Waals surface area contributed by atoms with Crippen molar-refractivity contribution in [2.75, 3.05) is 19.7 Å². The smallest absolute Gasteiger partial charge is 0.410 e. The monoisotopic (exact) mass is 584 g/mol. The fourth-order valence-electron chi connectivity index (χ4n) is 4.74. The summed E-state index contributed by atoms with van der Waals surface area (Å²) in [5, 5.41) is 29.8. The molecule has 0 saturated heterocycles. The van der Waals surface area contributed by atoms with Crippen LogP contribution < -0.4 is 4.74 Å². The molecule has 0 aromatic heterocycles. The molecule has 2 atom stereocenters. The van der Waals surface area contributed by atoms with Crippen LogP contribution in [0.3, 0.4) is 0 Å². The Balaban J connectivity index is 0.000000197. The second-order valence-electron chi connectivity index (χ2n) is 13.3. The number of phenols is 1. The summed E-state index contributed by atoms with van der Waals surface area (Å²) in [6, 6.07) is 10.5. The van der Waals surface area contributed by atoms with Gasteiger partial charge < -0.3 is 39.3 Å². The number of hydrogen-bond acceptors (Lipinski definition) is 8. The van der Waals surface area contributed by atoms with E-state index in [1.807, 2.05) is 39.0 Å². The third-order valence-corrected chi connectivity index (χ3v) is 6.96. The van der Waals surface area contributed by atoms with Gasteiger partial charge in [0.2, 0.25) is 0 Å². The van der Waals surface area contributed by atoms with Gasteiger partial charge in [0.15, 0.2) is 0 Å². The minimum absolute atomic E-state index is 0.114. The van der Waals surface area contributed by atoms with Gasteiger partial charge in [0, 0.05) is 13.1 Å². The standard InChI is InChI=1S/C18H25NO4.C14H19NO4/c1-18(2,3)23-17(21)19-9-13-6-7-14(22-11-12-4-5-12)8-15(13)16(20)10-19;1-14(2,3)19-13(18)15-7-9-4-5-10(16)6-11(9)12(17)8-15/h6-8,12,16,20H,4-5,9-11H2,1-3H3;4-6,12,16-17H,7-8H2,1-3H3. The number of benzene rings is 2. The lowest BCUT2D eigenvalue weighted by atomic mass is 9.97. The number of phenolic OH excluding ortho intramolecular Hbond substituents is 1. The molecule has 230 valence electrons. The van der Waals surface area contributed by atoms with Crippen LogP contribution in [0.15, 0.2) is 36.4 Å². The summed E-state index contributed by atoms with van der Waals surface area (Å²) in [4.78, 5) is 27.2. The minimum atomic E-state index is -0.802. The van der Waals surface area contributed by atoms with Crippen molar-refractivity contribution in [1.82, 2.24) is 9.80 Å². The first kappa shape index (κ1) is 31.4. The van der Waals surface area contributed by atoms with Crippen molar-refractivity contribution in [3.8, 4) is 11.5 Å². The number of ether oxygens (including phenoxy) is 3. The quantitative estimate of drug-likeness (QED) is 0.435. The maximum absolute atomic E-state index is 12.2. The number of carbonyl (C=O) groups excluding carboxylic acids is 2. The first-order valence-electron chi connectivity index (χ1n) is 14.5. The Hall–Kier alpha value is -3.50. The lowest BCUT2D eigenvalue weighted by Gasteiger charge is -2.33. The Morgan fingerprint density at radius 3 is 1.74 bits per heavy atom. The fourth-order valence-corrected chi connectivity index (χ4v) is 4.74. The van der Waals surface area contributed by atoms with E-state index < -0.39 is 35.6 Å². The molecule has 0 spiro atoms. The SMILES string of the molecule is CC(C)(C)OC(=O)N1Cc2ccc(O)cc2C(O)C1.CC(C)(C)OC(=O)N1Cc2ccc(OCC3CC3)cc2C(O)C1. The normalized spacial score (nSPS) is 20.0. The number of β-amino-alcohol motifs (C(OH)–C–C–N with tert-alkyl or cyclic N) is 2. The lowest BCUT2D eigenvalue weighted by Crippen LogP contribution is -2.41. The zero-order valence-corrected chi connectivity index (χ0v) is 25.4. The van der Waals surface area contributed by atoms with Gasteiger partial charge >= 0.3 is 12.2 Å². The fraction of sp³-hybridized carbons (Fsp3) is 0.562.